The number of hydrogen-bond acceptors (Lipinski definition) is 6. The van der Waals surface area contributed by atoms with Gasteiger partial charge >= 0.3 is 5.97 Å². The van der Waals surface area contributed by atoms with E-state index in [9.17, 15) is 9.59 Å². The summed E-state index contributed by atoms with van der Waals surface area (Å²) in [6.45, 7) is 1.34. The Balaban J connectivity index is 1.77. The lowest BCUT2D eigenvalue weighted by molar-refractivity contribution is -0.917. The number of methoxy groups -OCH3 is 2. The van der Waals surface area contributed by atoms with Crippen LogP contribution in [-0.2, 0) is 22.5 Å². The Hall–Kier alpha value is -2.74. The molecule has 9 heteroatoms. The summed E-state index contributed by atoms with van der Waals surface area (Å²) in [5, 5.41) is 0.966. The molecule has 33 heavy (non-hydrogen) atoms. The van der Waals surface area contributed by atoms with Crippen molar-refractivity contribution in [3.63, 3.8) is 0 Å². The van der Waals surface area contributed by atoms with Gasteiger partial charge < -0.3 is 23.4 Å². The van der Waals surface area contributed by atoms with Crippen molar-refractivity contribution in [3.8, 4) is 17.2 Å². The van der Waals surface area contributed by atoms with Crippen LogP contribution in [0.2, 0.25) is 10.0 Å². The average Bonchev–Trinajstić information content (AvgIpc) is 3.25. The van der Waals surface area contributed by atoms with Crippen molar-refractivity contribution in [1.29, 1.82) is 0 Å². The van der Waals surface area contributed by atoms with Crippen LogP contribution in [0.25, 0.3) is 6.08 Å². The van der Waals surface area contributed by atoms with E-state index in [0.717, 1.165) is 11.1 Å². The second-order valence-electron chi connectivity index (χ2n) is 8.28. The smallest absolute Gasteiger partial charge is 0.361 e. The lowest BCUT2D eigenvalue weighted by atomic mass is 9.89. The molecule has 0 saturated heterocycles. The van der Waals surface area contributed by atoms with E-state index in [2.05, 4.69) is 0 Å². The van der Waals surface area contributed by atoms with Crippen LogP contribution >= 0.6 is 23.2 Å². The summed E-state index contributed by atoms with van der Waals surface area (Å²) in [5.74, 6) is 0.800. The quantitative estimate of drug-likeness (QED) is 0.259. The number of ether oxygens (including phenoxy) is 4. The van der Waals surface area contributed by atoms with Crippen LogP contribution in [-0.4, -0.2) is 57.4 Å². The molecule has 2 aromatic carbocycles. The van der Waals surface area contributed by atoms with E-state index in [4.69, 9.17) is 42.1 Å². The second kappa shape index (κ2) is 9.25. The van der Waals surface area contributed by atoms with Gasteiger partial charge in [-0.15, -0.1) is 0 Å². The monoisotopic (exact) mass is 492 g/mol. The maximum atomic E-state index is 13.4. The van der Waals surface area contributed by atoms with E-state index in [1.807, 2.05) is 7.05 Å². The topological polar surface area (TPSA) is 71.1 Å². The fraction of sp³-hybridized carbons (Fsp3) is 0.333. The Morgan fingerprint density at radius 3 is 2.61 bits per heavy atom. The van der Waals surface area contributed by atoms with Crippen LogP contribution in [0.3, 0.4) is 0 Å². The van der Waals surface area contributed by atoms with Gasteiger partial charge in [0.15, 0.2) is 23.8 Å². The van der Waals surface area contributed by atoms with Crippen molar-refractivity contribution in [2.75, 3.05) is 41.1 Å². The van der Waals surface area contributed by atoms with E-state index in [-0.39, 0.29) is 25.1 Å². The lowest BCUT2D eigenvalue weighted by Gasteiger charge is -2.38. The maximum absolute atomic E-state index is 13.4. The molecule has 2 aliphatic heterocycles. The molecular weight excluding hydrogens is 469 g/mol. The molecule has 0 aliphatic carbocycles. The molecule has 0 N–H and O–H groups in total. The van der Waals surface area contributed by atoms with Gasteiger partial charge in [0, 0.05) is 16.5 Å². The number of ketones is 1. The van der Waals surface area contributed by atoms with Gasteiger partial charge in [0.25, 0.3) is 0 Å². The Morgan fingerprint density at radius 1 is 1.15 bits per heavy atom. The number of carbonyl (C=O) groups excluding carboxylic acids is 2. The number of fused-ring (bicyclic) bond motifs is 2. The summed E-state index contributed by atoms with van der Waals surface area (Å²) in [6, 6.07) is 5.08. The van der Waals surface area contributed by atoms with Crippen LogP contribution in [0.1, 0.15) is 27.0 Å². The van der Waals surface area contributed by atoms with Gasteiger partial charge in [-0.2, -0.15) is 0 Å². The Bertz CT molecular complexity index is 1160. The minimum absolute atomic E-state index is 0.00409. The fourth-order valence-corrected chi connectivity index (χ4v) is 4.83. The lowest BCUT2D eigenvalue weighted by Crippen LogP contribution is -2.51. The number of quaternary nitrogens is 1. The molecule has 0 saturated carbocycles. The van der Waals surface area contributed by atoms with Crippen LogP contribution < -0.4 is 14.2 Å². The Kier molecular flexibility index (Phi) is 6.56. The molecule has 0 bridgehead atoms. The molecule has 2 heterocycles. The van der Waals surface area contributed by atoms with Crippen LogP contribution in [0.4, 0.5) is 0 Å². The minimum atomic E-state index is -0.292. The molecule has 174 valence electrons. The molecule has 2 aliphatic rings. The number of carbonyl (C=O) groups is 2. The zero-order valence-corrected chi connectivity index (χ0v) is 20.1. The van der Waals surface area contributed by atoms with E-state index in [1.54, 1.807) is 31.4 Å². The summed E-state index contributed by atoms with van der Waals surface area (Å²) in [6.07, 6.45) is 3.68. The number of nitrogens with zero attached hydrogens (tertiary/aromatic N) is 1. The maximum Gasteiger partial charge on any atom is 0.361 e. The molecule has 0 amide bonds. The normalized spacial score (nSPS) is 18.8. The Morgan fingerprint density at radius 2 is 1.91 bits per heavy atom. The van der Waals surface area contributed by atoms with Crippen LogP contribution in [0, 0.1) is 0 Å². The predicted molar refractivity (Wildman–Crippen MR) is 124 cm³/mol. The van der Waals surface area contributed by atoms with Crippen molar-refractivity contribution in [2.45, 2.75) is 13.0 Å². The number of hydrogen-bond donors (Lipinski definition) is 0. The first-order chi connectivity index (χ1) is 15.8. The highest BCUT2D eigenvalue weighted by molar-refractivity contribution is 6.35. The van der Waals surface area contributed by atoms with Gasteiger partial charge in [-0.1, -0.05) is 29.3 Å². The number of allylic oxidation sites excluding steroid dienone is 1. The zero-order chi connectivity index (χ0) is 23.8. The number of benzene rings is 2. The highest BCUT2D eigenvalue weighted by atomic mass is 35.5. The van der Waals surface area contributed by atoms with E-state index in [0.29, 0.717) is 62.4 Å². The van der Waals surface area contributed by atoms with Gasteiger partial charge in [0.2, 0.25) is 12.5 Å². The molecule has 2 aromatic rings. The summed E-state index contributed by atoms with van der Waals surface area (Å²) in [7, 11) is 4.91. The summed E-state index contributed by atoms with van der Waals surface area (Å²) < 4.78 is 22.4. The SMILES string of the molecule is COC(=O)C[N@+]1(C)CCc2c(c(OC)c3c(c2C(=O)/C=C/c2ccc(Cl)cc2Cl)OCO3)C1. The molecule has 1 atom stereocenters. The van der Waals surface area contributed by atoms with Gasteiger partial charge in [-0.05, 0) is 35.4 Å². The molecule has 4 rings (SSSR count). The van der Waals surface area contributed by atoms with E-state index < -0.39 is 0 Å². The number of esters is 1. The fourth-order valence-electron chi connectivity index (χ4n) is 4.35. The molecule has 0 aromatic heterocycles. The number of likely N-dealkylation sites (N-methyl/N-ethyl adjacent to an activating group) is 1. The van der Waals surface area contributed by atoms with E-state index >= 15 is 0 Å². The summed E-state index contributed by atoms with van der Waals surface area (Å²) in [4.78, 5) is 25.4. The minimum Gasteiger partial charge on any atom is -0.492 e. The third-order valence-corrected chi connectivity index (χ3v) is 6.56. The molecule has 0 radical (unpaired) electrons. The molecule has 0 unspecified atom stereocenters. The first kappa shape index (κ1) is 23.4. The van der Waals surface area contributed by atoms with Gasteiger partial charge in [0.1, 0.15) is 6.54 Å². The van der Waals surface area contributed by atoms with Crippen molar-refractivity contribution in [1.82, 2.24) is 0 Å². The van der Waals surface area contributed by atoms with Crippen molar-refractivity contribution < 1.29 is 33.0 Å². The first-order valence-corrected chi connectivity index (χ1v) is 11.1. The van der Waals surface area contributed by atoms with Gasteiger partial charge in [0.05, 0.1) is 38.9 Å². The first-order valence-electron chi connectivity index (χ1n) is 10.4. The Labute approximate surface area is 202 Å². The number of halogens is 2. The van der Waals surface area contributed by atoms with Gasteiger partial charge in [-0.25, -0.2) is 4.79 Å². The molecule has 0 spiro atoms. The third kappa shape index (κ3) is 4.53. The summed E-state index contributed by atoms with van der Waals surface area (Å²) in [5.41, 5.74) is 2.80. The molecule has 0 fully saturated rings. The van der Waals surface area contributed by atoms with Crippen molar-refractivity contribution in [3.05, 3.63) is 56.6 Å². The van der Waals surface area contributed by atoms with Crippen LogP contribution in [0.15, 0.2) is 24.3 Å². The van der Waals surface area contributed by atoms with Crippen molar-refractivity contribution in [2.24, 2.45) is 0 Å². The standard InChI is InChI=1S/C24H24Cl2NO6/c1-27(12-20(29)30-2)9-8-16-17(11-27)22(31-3)24-23(32-13-33-24)21(16)19(28)7-5-14-4-6-15(25)10-18(14)26/h4-7,10H,8-9,11-13H2,1-3H3/q+1/b7-5+/t27-/m1/s1. The average molecular weight is 493 g/mol. The highest BCUT2D eigenvalue weighted by Gasteiger charge is 2.40. The van der Waals surface area contributed by atoms with Crippen molar-refractivity contribution >= 4 is 41.0 Å². The number of rotatable bonds is 6. The van der Waals surface area contributed by atoms with Gasteiger partial charge in [-0.3, -0.25) is 4.79 Å². The zero-order valence-electron chi connectivity index (χ0n) is 18.6. The second-order valence-corrected chi connectivity index (χ2v) is 9.12. The predicted octanol–water partition coefficient (Wildman–Crippen LogP) is 4.30. The molecule has 7 nitrogen and oxygen atoms in total. The molecular formula is C24H24Cl2NO6+. The highest BCUT2D eigenvalue weighted by Crippen LogP contribution is 2.50. The largest absolute Gasteiger partial charge is 0.492 e. The summed E-state index contributed by atoms with van der Waals surface area (Å²) >= 11 is 12.2. The van der Waals surface area contributed by atoms with E-state index in [1.165, 1.54) is 13.2 Å². The van der Waals surface area contributed by atoms with Crippen LogP contribution in [0.5, 0.6) is 17.2 Å². The third-order valence-electron chi connectivity index (χ3n) is 5.99.